The minimum atomic E-state index is -3.13. The van der Waals surface area contributed by atoms with Gasteiger partial charge < -0.3 is 0 Å². The molecule has 0 saturated carbocycles. The summed E-state index contributed by atoms with van der Waals surface area (Å²) in [5, 5.41) is 0.566. The molecule has 7 heteroatoms. The lowest BCUT2D eigenvalue weighted by molar-refractivity contribution is 0.412. The van der Waals surface area contributed by atoms with Crippen molar-refractivity contribution in [2.24, 2.45) is 5.92 Å². The van der Waals surface area contributed by atoms with Crippen molar-refractivity contribution < 1.29 is 17.2 Å². The summed E-state index contributed by atoms with van der Waals surface area (Å²) >= 11 is 5.81. The first kappa shape index (κ1) is 28.9. The molecule has 0 spiro atoms. The van der Waals surface area contributed by atoms with Gasteiger partial charge in [0.25, 0.3) is 0 Å². The number of hydrogen-bond donors (Lipinski definition) is 0. The molecule has 0 fully saturated rings. The molecule has 0 saturated heterocycles. The summed E-state index contributed by atoms with van der Waals surface area (Å²) in [6.45, 7) is 5.99. The maximum absolute atomic E-state index is 13.9. The van der Waals surface area contributed by atoms with E-state index in [2.05, 4.69) is 11.9 Å². The SMILES string of the molecule is CCCC(CCc1ccc(F)cc1C)CCc1ccc(Cl)cc1F.Cc1ccc(S(C)(=O)=O)nc1. The Hall–Kier alpha value is -2.31. The second-order valence-corrected chi connectivity index (χ2v) is 11.4. The summed E-state index contributed by atoms with van der Waals surface area (Å²) in [4.78, 5) is 3.76. The Balaban J connectivity index is 0.000000328. The van der Waals surface area contributed by atoms with Gasteiger partial charge in [-0.3, -0.25) is 0 Å². The van der Waals surface area contributed by atoms with Crippen molar-refractivity contribution in [1.82, 2.24) is 4.98 Å². The van der Waals surface area contributed by atoms with Crippen molar-refractivity contribution in [3.05, 3.63) is 93.6 Å². The Morgan fingerprint density at radius 3 is 2.11 bits per heavy atom. The largest absolute Gasteiger partial charge is 0.244 e. The number of nitrogens with zero attached hydrogens (tertiary/aromatic N) is 1. The van der Waals surface area contributed by atoms with Crippen molar-refractivity contribution in [1.29, 1.82) is 0 Å². The molecule has 3 nitrogen and oxygen atoms in total. The van der Waals surface area contributed by atoms with Gasteiger partial charge in [-0.25, -0.2) is 22.2 Å². The summed E-state index contributed by atoms with van der Waals surface area (Å²) in [6.07, 6.45) is 8.63. The van der Waals surface area contributed by atoms with Gasteiger partial charge in [0.1, 0.15) is 11.6 Å². The molecule has 2 aromatic carbocycles. The van der Waals surface area contributed by atoms with Gasteiger partial charge in [-0.15, -0.1) is 0 Å². The molecule has 1 heterocycles. The number of aryl methyl sites for hydroxylation is 4. The number of sulfone groups is 1. The Morgan fingerprint density at radius 2 is 1.57 bits per heavy atom. The van der Waals surface area contributed by atoms with Crippen molar-refractivity contribution in [2.75, 3.05) is 6.26 Å². The fourth-order valence-corrected chi connectivity index (χ4v) is 4.62. The minimum Gasteiger partial charge on any atom is -0.244 e. The summed E-state index contributed by atoms with van der Waals surface area (Å²) < 4.78 is 48.9. The number of halogens is 3. The monoisotopic (exact) mass is 521 g/mol. The van der Waals surface area contributed by atoms with Gasteiger partial charge in [0, 0.05) is 17.5 Å². The lowest BCUT2D eigenvalue weighted by Crippen LogP contribution is -2.06. The van der Waals surface area contributed by atoms with Crippen LogP contribution < -0.4 is 0 Å². The summed E-state index contributed by atoms with van der Waals surface area (Å²) in [5.74, 6) is 0.154. The second-order valence-electron chi connectivity index (χ2n) is 8.98. The Kier molecular flexibility index (Phi) is 11.3. The number of pyridine rings is 1. The third kappa shape index (κ3) is 10.1. The molecule has 3 rings (SSSR count). The molecule has 0 radical (unpaired) electrons. The van der Waals surface area contributed by atoms with Gasteiger partial charge in [-0.2, -0.15) is 0 Å². The van der Waals surface area contributed by atoms with Gasteiger partial charge in [0.15, 0.2) is 14.9 Å². The molecule has 1 aromatic heterocycles. The van der Waals surface area contributed by atoms with Crippen LogP contribution in [0, 0.1) is 31.4 Å². The van der Waals surface area contributed by atoms with E-state index in [1.165, 1.54) is 30.0 Å². The highest BCUT2D eigenvalue weighted by Crippen LogP contribution is 2.24. The van der Waals surface area contributed by atoms with Gasteiger partial charge in [-0.05, 0) is 98.0 Å². The van der Waals surface area contributed by atoms with Gasteiger partial charge in [0.05, 0.1) is 0 Å². The Bertz CT molecular complexity index is 1140. The topological polar surface area (TPSA) is 47.0 Å². The van der Waals surface area contributed by atoms with E-state index < -0.39 is 9.84 Å². The number of hydrogen-bond acceptors (Lipinski definition) is 3. The summed E-state index contributed by atoms with van der Waals surface area (Å²) in [5.41, 5.74) is 3.90. The highest BCUT2D eigenvalue weighted by atomic mass is 35.5. The van der Waals surface area contributed by atoms with Gasteiger partial charge in [0.2, 0.25) is 0 Å². The van der Waals surface area contributed by atoms with Crippen LogP contribution in [0.1, 0.15) is 54.9 Å². The summed E-state index contributed by atoms with van der Waals surface area (Å²) in [7, 11) is -3.13. The van der Waals surface area contributed by atoms with Crippen molar-refractivity contribution >= 4 is 21.4 Å². The van der Waals surface area contributed by atoms with Crippen molar-refractivity contribution in [3.63, 3.8) is 0 Å². The van der Waals surface area contributed by atoms with Crippen LogP contribution in [0.3, 0.4) is 0 Å². The van der Waals surface area contributed by atoms with E-state index in [1.54, 1.807) is 24.3 Å². The van der Waals surface area contributed by atoms with Crippen LogP contribution in [-0.4, -0.2) is 19.7 Å². The molecular weight excluding hydrogens is 488 g/mol. The molecule has 3 aromatic rings. The normalized spacial score (nSPS) is 12.1. The standard InChI is InChI=1S/C21H25ClF2.C7H9NO2S/c1-3-4-16(5-7-17-10-12-20(23)13-15(17)2)6-8-18-9-11-19(22)14-21(18)24;1-6-3-4-7(8-5-6)11(2,9)10/h9-14,16H,3-8H2,1-2H3;3-5H,1-2H3. The van der Waals surface area contributed by atoms with Crippen LogP contribution in [0.4, 0.5) is 8.78 Å². The lowest BCUT2D eigenvalue weighted by Gasteiger charge is -2.17. The molecular formula is C28H34ClF2NO2S. The third-order valence-corrected chi connectivity index (χ3v) is 7.16. The lowest BCUT2D eigenvalue weighted by atomic mass is 9.89. The smallest absolute Gasteiger partial charge is 0.192 e. The Labute approximate surface area is 213 Å². The highest BCUT2D eigenvalue weighted by molar-refractivity contribution is 7.90. The molecule has 1 unspecified atom stereocenters. The van der Waals surface area contributed by atoms with E-state index in [1.807, 2.05) is 19.9 Å². The van der Waals surface area contributed by atoms with E-state index >= 15 is 0 Å². The van der Waals surface area contributed by atoms with Crippen molar-refractivity contribution in [3.8, 4) is 0 Å². The molecule has 190 valence electrons. The zero-order chi connectivity index (χ0) is 26.0. The maximum atomic E-state index is 13.9. The molecule has 1 atom stereocenters. The molecule has 0 aliphatic rings. The van der Waals surface area contributed by atoms with Gasteiger partial charge in [-0.1, -0.05) is 49.6 Å². The molecule has 0 amide bonds. The van der Waals surface area contributed by atoms with Crippen LogP contribution in [0.2, 0.25) is 5.02 Å². The van der Waals surface area contributed by atoms with Gasteiger partial charge >= 0.3 is 0 Å². The number of aromatic nitrogens is 1. The van der Waals surface area contributed by atoms with E-state index in [0.29, 0.717) is 10.9 Å². The quantitative estimate of drug-likeness (QED) is 0.290. The van der Waals surface area contributed by atoms with Crippen LogP contribution >= 0.6 is 11.6 Å². The molecule has 0 bridgehead atoms. The first-order valence-corrected chi connectivity index (χ1v) is 14.1. The van der Waals surface area contributed by atoms with E-state index in [-0.39, 0.29) is 16.7 Å². The number of benzene rings is 2. The third-order valence-electron chi connectivity index (χ3n) is 5.92. The van der Waals surface area contributed by atoms with Crippen LogP contribution in [0.25, 0.3) is 0 Å². The zero-order valence-electron chi connectivity index (χ0n) is 20.8. The average Bonchev–Trinajstić information content (AvgIpc) is 2.78. The minimum absolute atomic E-state index is 0.128. The van der Waals surface area contributed by atoms with Crippen LogP contribution in [0.5, 0.6) is 0 Å². The van der Waals surface area contributed by atoms with E-state index in [9.17, 15) is 17.2 Å². The predicted molar refractivity (Wildman–Crippen MR) is 140 cm³/mol. The van der Waals surface area contributed by atoms with E-state index in [0.717, 1.165) is 61.5 Å². The number of rotatable bonds is 9. The average molecular weight is 522 g/mol. The molecule has 0 aliphatic carbocycles. The highest BCUT2D eigenvalue weighted by Gasteiger charge is 2.12. The first-order chi connectivity index (χ1) is 16.5. The summed E-state index contributed by atoms with van der Waals surface area (Å²) in [6, 6.07) is 13.1. The fourth-order valence-electron chi connectivity index (χ4n) is 3.90. The molecule has 0 aliphatic heterocycles. The van der Waals surface area contributed by atoms with Crippen molar-refractivity contribution in [2.45, 2.75) is 64.3 Å². The fraction of sp³-hybridized carbons (Fsp3) is 0.393. The first-order valence-electron chi connectivity index (χ1n) is 11.8. The van der Waals surface area contributed by atoms with Crippen LogP contribution in [0.15, 0.2) is 59.8 Å². The molecule has 0 N–H and O–H groups in total. The van der Waals surface area contributed by atoms with E-state index in [4.69, 9.17) is 11.6 Å². The van der Waals surface area contributed by atoms with Crippen LogP contribution in [-0.2, 0) is 22.7 Å². The second kappa shape index (κ2) is 13.7. The molecule has 35 heavy (non-hydrogen) atoms. The predicted octanol–water partition coefficient (Wildman–Crippen LogP) is 7.70. The Morgan fingerprint density at radius 1 is 0.914 bits per heavy atom. The maximum Gasteiger partial charge on any atom is 0.192 e. The zero-order valence-corrected chi connectivity index (χ0v) is 22.4.